The van der Waals surface area contributed by atoms with E-state index in [0.29, 0.717) is 12.2 Å². The molecular formula is C18H21N2O3S+. The average molecular weight is 345 g/mol. The molecule has 1 unspecified atom stereocenters. The van der Waals surface area contributed by atoms with Gasteiger partial charge >= 0.3 is 11.1 Å². The van der Waals surface area contributed by atoms with Crippen molar-refractivity contribution >= 4 is 22.4 Å². The molecule has 0 bridgehead atoms. The first-order valence-corrected chi connectivity index (χ1v) is 8.73. The van der Waals surface area contributed by atoms with Crippen LogP contribution in [0.1, 0.15) is 31.1 Å². The third-order valence-electron chi connectivity index (χ3n) is 4.10. The molecule has 24 heavy (non-hydrogen) atoms. The van der Waals surface area contributed by atoms with Gasteiger partial charge in [-0.25, -0.2) is 14.7 Å². The molecule has 3 rings (SSSR count). The Morgan fingerprint density at radius 3 is 2.62 bits per heavy atom. The number of aryl methyl sites for hydroxylation is 1. The molecule has 0 amide bonds. The highest BCUT2D eigenvalue weighted by atomic mass is 32.1. The number of aromatic nitrogens is 1. The van der Waals surface area contributed by atoms with Crippen LogP contribution in [0.4, 0.5) is 5.13 Å². The molecule has 0 radical (unpaired) electrons. The number of hydrogen-bond donors (Lipinski definition) is 1. The molecule has 0 saturated heterocycles. The molecule has 126 valence electrons. The number of thiazole rings is 1. The summed E-state index contributed by atoms with van der Waals surface area (Å²) in [5.41, 5.74) is 3.59. The molecule has 1 aliphatic rings. The molecule has 1 aliphatic heterocycles. The maximum absolute atomic E-state index is 12.6. The van der Waals surface area contributed by atoms with E-state index in [0.717, 1.165) is 27.8 Å². The van der Waals surface area contributed by atoms with E-state index < -0.39 is 0 Å². The number of hydrogen-bond acceptors (Lipinski definition) is 5. The van der Waals surface area contributed by atoms with Crippen LogP contribution in [0.25, 0.3) is 0 Å². The van der Waals surface area contributed by atoms with Gasteiger partial charge in [0.2, 0.25) is 0 Å². The second-order valence-corrected chi connectivity index (χ2v) is 6.47. The number of benzene rings is 1. The van der Waals surface area contributed by atoms with E-state index in [1.807, 2.05) is 45.0 Å². The molecule has 0 aliphatic carbocycles. The number of allylic oxidation sites excluding steroid dienone is 1. The lowest BCUT2D eigenvalue weighted by Gasteiger charge is -2.24. The Kier molecular flexibility index (Phi) is 4.57. The summed E-state index contributed by atoms with van der Waals surface area (Å²) in [6, 6.07) is 7.61. The van der Waals surface area contributed by atoms with Crippen LogP contribution in [0.5, 0.6) is 5.75 Å². The summed E-state index contributed by atoms with van der Waals surface area (Å²) < 4.78 is 12.7. The summed E-state index contributed by atoms with van der Waals surface area (Å²) in [4.78, 5) is 12.6. The third kappa shape index (κ3) is 2.78. The number of nitrogens with one attached hydrogen (secondary N) is 1. The Morgan fingerprint density at radius 1 is 1.29 bits per heavy atom. The fourth-order valence-electron chi connectivity index (χ4n) is 2.96. The lowest BCUT2D eigenvalue weighted by atomic mass is 9.95. The Balaban J connectivity index is 2.15. The lowest BCUT2D eigenvalue weighted by Crippen LogP contribution is -2.49. The average Bonchev–Trinajstić information content (AvgIpc) is 2.94. The van der Waals surface area contributed by atoms with Crippen molar-refractivity contribution in [1.29, 1.82) is 0 Å². The molecule has 6 heteroatoms. The maximum Gasteiger partial charge on any atom is 0.342 e. The summed E-state index contributed by atoms with van der Waals surface area (Å²) in [7, 11) is 1.64. The number of ether oxygens (including phenoxy) is 2. The number of methoxy groups -OCH3 is 1. The summed E-state index contributed by atoms with van der Waals surface area (Å²) in [5, 5.41) is 6.42. The first-order chi connectivity index (χ1) is 11.6. The minimum Gasteiger partial charge on any atom is -0.497 e. The van der Waals surface area contributed by atoms with Gasteiger partial charge in [0.1, 0.15) is 22.7 Å². The van der Waals surface area contributed by atoms with E-state index in [9.17, 15) is 4.79 Å². The molecule has 1 atom stereocenters. The normalized spacial score (nSPS) is 16.4. The van der Waals surface area contributed by atoms with Crippen LogP contribution in [-0.2, 0) is 9.53 Å². The number of carbonyl (C=O) groups is 1. The van der Waals surface area contributed by atoms with E-state index in [-0.39, 0.29) is 12.0 Å². The summed E-state index contributed by atoms with van der Waals surface area (Å²) in [6.07, 6.45) is 0. The largest absolute Gasteiger partial charge is 0.497 e. The monoisotopic (exact) mass is 345 g/mol. The number of carbonyl (C=O) groups excluding carboxylic acids is 1. The van der Waals surface area contributed by atoms with Gasteiger partial charge < -0.3 is 9.47 Å². The van der Waals surface area contributed by atoms with E-state index in [1.165, 1.54) is 0 Å². The second-order valence-electron chi connectivity index (χ2n) is 5.61. The predicted molar refractivity (Wildman–Crippen MR) is 93.3 cm³/mol. The number of fused-ring (bicyclic) bond motifs is 1. The van der Waals surface area contributed by atoms with E-state index >= 15 is 0 Å². The zero-order valence-electron chi connectivity index (χ0n) is 14.3. The molecule has 2 aromatic rings. The highest BCUT2D eigenvalue weighted by molar-refractivity contribution is 7.13. The van der Waals surface area contributed by atoms with E-state index in [4.69, 9.17) is 9.47 Å². The van der Waals surface area contributed by atoms with Gasteiger partial charge in [0.05, 0.1) is 13.7 Å². The van der Waals surface area contributed by atoms with Gasteiger partial charge in [-0.2, -0.15) is 0 Å². The highest BCUT2D eigenvalue weighted by Crippen LogP contribution is 2.34. The summed E-state index contributed by atoms with van der Waals surface area (Å²) in [6.45, 7) is 6.13. The topological polar surface area (TPSA) is 51.4 Å². The standard InChI is InChI=1S/C18H20N2O3S/c1-5-23-17(21)15-12(3)19-18-20(11(2)10-24-18)16(15)13-6-8-14(22-4)9-7-13/h6-10,16H,5H2,1-4H3/p+1. The first-order valence-electron chi connectivity index (χ1n) is 7.85. The number of esters is 1. The molecule has 5 nitrogen and oxygen atoms in total. The van der Waals surface area contributed by atoms with Crippen molar-refractivity contribution in [3.63, 3.8) is 0 Å². The van der Waals surface area contributed by atoms with Gasteiger partial charge in [-0.15, -0.1) is 0 Å². The van der Waals surface area contributed by atoms with Gasteiger partial charge in [-0.1, -0.05) is 23.5 Å². The van der Waals surface area contributed by atoms with Gasteiger partial charge in [-0.3, -0.25) is 0 Å². The minimum atomic E-state index is -0.285. The van der Waals surface area contributed by atoms with Crippen molar-refractivity contribution in [3.05, 3.63) is 52.2 Å². The fraction of sp³-hybridized carbons (Fsp3) is 0.333. The minimum absolute atomic E-state index is 0.211. The summed E-state index contributed by atoms with van der Waals surface area (Å²) >= 11 is 1.63. The van der Waals surface area contributed by atoms with Crippen molar-refractivity contribution in [3.8, 4) is 5.75 Å². The Labute approximate surface area is 145 Å². The third-order valence-corrected chi connectivity index (χ3v) is 5.08. The van der Waals surface area contributed by atoms with Crippen LogP contribution >= 0.6 is 11.3 Å². The van der Waals surface area contributed by atoms with Gasteiger partial charge in [0.15, 0.2) is 6.04 Å². The van der Waals surface area contributed by atoms with Crippen LogP contribution < -0.4 is 14.6 Å². The van der Waals surface area contributed by atoms with Crippen molar-refractivity contribution < 1.29 is 18.8 Å². The van der Waals surface area contributed by atoms with Crippen LogP contribution in [0.2, 0.25) is 0 Å². The van der Waals surface area contributed by atoms with Crippen LogP contribution in [0, 0.1) is 6.92 Å². The molecule has 1 N–H and O–H groups in total. The smallest absolute Gasteiger partial charge is 0.342 e. The highest BCUT2D eigenvalue weighted by Gasteiger charge is 2.40. The fourth-order valence-corrected chi connectivity index (χ4v) is 3.93. The Bertz CT molecular complexity index is 793. The maximum atomic E-state index is 12.6. The molecule has 1 aromatic heterocycles. The molecule has 1 aromatic carbocycles. The number of nitrogens with zero attached hydrogens (tertiary/aromatic N) is 1. The van der Waals surface area contributed by atoms with E-state index in [1.54, 1.807) is 18.4 Å². The zero-order valence-corrected chi connectivity index (χ0v) is 15.1. The van der Waals surface area contributed by atoms with Crippen LogP contribution in [0.15, 0.2) is 40.9 Å². The molecule has 0 spiro atoms. The quantitative estimate of drug-likeness (QED) is 0.683. The molecule has 2 heterocycles. The van der Waals surface area contributed by atoms with Crippen LogP contribution in [0.3, 0.4) is 0 Å². The lowest BCUT2D eigenvalue weighted by molar-refractivity contribution is -0.694. The number of anilines is 1. The van der Waals surface area contributed by atoms with Crippen molar-refractivity contribution in [2.75, 3.05) is 19.0 Å². The molecule has 0 saturated carbocycles. The van der Waals surface area contributed by atoms with E-state index in [2.05, 4.69) is 15.3 Å². The molecule has 0 fully saturated rings. The molecular weight excluding hydrogens is 324 g/mol. The Hall–Kier alpha value is -2.34. The van der Waals surface area contributed by atoms with Crippen molar-refractivity contribution in [1.82, 2.24) is 0 Å². The zero-order chi connectivity index (χ0) is 17.3. The SMILES string of the molecule is CCOC(=O)C1=C(C)Nc2scc(C)[n+]2C1c1ccc(OC)cc1. The van der Waals surface area contributed by atoms with Gasteiger partial charge in [-0.05, 0) is 32.9 Å². The summed E-state index contributed by atoms with van der Waals surface area (Å²) in [5.74, 6) is 0.505. The predicted octanol–water partition coefficient (Wildman–Crippen LogP) is 3.20. The number of rotatable bonds is 4. The Morgan fingerprint density at radius 2 is 2.00 bits per heavy atom. The van der Waals surface area contributed by atoms with Gasteiger partial charge in [0, 0.05) is 10.9 Å². The first kappa shape index (κ1) is 16.5. The van der Waals surface area contributed by atoms with Crippen molar-refractivity contribution in [2.24, 2.45) is 0 Å². The van der Waals surface area contributed by atoms with Crippen molar-refractivity contribution in [2.45, 2.75) is 26.8 Å². The van der Waals surface area contributed by atoms with Gasteiger partial charge in [0.25, 0.3) is 0 Å². The second kappa shape index (κ2) is 6.65. The van der Waals surface area contributed by atoms with Crippen LogP contribution in [-0.4, -0.2) is 19.7 Å².